The van der Waals surface area contributed by atoms with E-state index in [9.17, 15) is 4.79 Å². The van der Waals surface area contributed by atoms with E-state index in [0.29, 0.717) is 5.75 Å². The fourth-order valence-electron chi connectivity index (χ4n) is 3.16. The highest BCUT2D eigenvalue weighted by Gasteiger charge is 2.21. The molecule has 0 amide bonds. The van der Waals surface area contributed by atoms with Crippen molar-refractivity contribution < 1.29 is 9.53 Å². The normalized spacial score (nSPS) is 12.7. The summed E-state index contributed by atoms with van der Waals surface area (Å²) in [6.07, 6.45) is 11.7. The van der Waals surface area contributed by atoms with Gasteiger partial charge in [0.05, 0.1) is 4.08 Å². The molecule has 0 aliphatic carbocycles. The van der Waals surface area contributed by atoms with Crippen molar-refractivity contribution >= 4 is 29.5 Å². The molecule has 32 heavy (non-hydrogen) atoms. The number of hydrogen-bond donors (Lipinski definition) is 0. The highest BCUT2D eigenvalue weighted by Crippen LogP contribution is 2.44. The van der Waals surface area contributed by atoms with Crippen molar-refractivity contribution in [3.8, 4) is 5.75 Å². The van der Waals surface area contributed by atoms with Crippen LogP contribution < -0.4 is 4.74 Å². The van der Waals surface area contributed by atoms with Crippen LogP contribution in [0.2, 0.25) is 0 Å². The summed E-state index contributed by atoms with van der Waals surface area (Å²) in [6.45, 7) is 18.9. The molecule has 1 aromatic rings. The number of hydrogen-bond acceptors (Lipinski definition) is 4. The first-order valence-corrected chi connectivity index (χ1v) is 13.3. The summed E-state index contributed by atoms with van der Waals surface area (Å²) >= 11 is 3.84. The standard InChI is InChI=1S/C28H42O2S2/c1-20(2)12-10-13-21(3)14-11-15-22(4)18-19-31-28(8,9)32-27-17-16-26(30-25(7)29)23(5)24(27)6/h12,14,16-18H,10-11,13,15,19H2,1-9H3. The SMILES string of the molecule is CC(=O)Oc1ccc(SC(C)(C)SCC=C(C)CCC=C(C)CCC=C(C)C)c(C)c1C. The van der Waals surface area contributed by atoms with Crippen molar-refractivity contribution in [1.82, 2.24) is 0 Å². The van der Waals surface area contributed by atoms with Gasteiger partial charge in [0.25, 0.3) is 0 Å². The zero-order chi connectivity index (χ0) is 24.3. The average Bonchev–Trinajstić information content (AvgIpc) is 2.67. The number of allylic oxidation sites excluding steroid dienone is 5. The lowest BCUT2D eigenvalue weighted by Crippen LogP contribution is -2.10. The minimum Gasteiger partial charge on any atom is -0.426 e. The van der Waals surface area contributed by atoms with Crippen LogP contribution in [0, 0.1) is 13.8 Å². The number of carbonyl (C=O) groups excluding carboxylic acids is 1. The van der Waals surface area contributed by atoms with Crippen LogP contribution in [0.15, 0.2) is 52.0 Å². The quantitative estimate of drug-likeness (QED) is 0.0991. The van der Waals surface area contributed by atoms with Gasteiger partial charge in [0.1, 0.15) is 5.75 Å². The third-order valence-corrected chi connectivity index (χ3v) is 8.07. The van der Waals surface area contributed by atoms with Crippen LogP contribution in [-0.2, 0) is 4.79 Å². The highest BCUT2D eigenvalue weighted by atomic mass is 32.2. The summed E-state index contributed by atoms with van der Waals surface area (Å²) in [6, 6.07) is 3.98. The van der Waals surface area contributed by atoms with Gasteiger partial charge in [0, 0.05) is 17.6 Å². The second-order valence-corrected chi connectivity index (χ2v) is 12.7. The molecule has 0 aromatic heterocycles. The first-order chi connectivity index (χ1) is 14.9. The summed E-state index contributed by atoms with van der Waals surface area (Å²) in [5.41, 5.74) is 6.57. The van der Waals surface area contributed by atoms with Crippen LogP contribution >= 0.6 is 23.5 Å². The molecule has 0 unspecified atom stereocenters. The maximum Gasteiger partial charge on any atom is 0.308 e. The molecule has 0 radical (unpaired) electrons. The van der Waals surface area contributed by atoms with Crippen molar-refractivity contribution in [2.24, 2.45) is 0 Å². The molecule has 0 saturated carbocycles. The van der Waals surface area contributed by atoms with Crippen LogP contribution in [0.4, 0.5) is 0 Å². The Morgan fingerprint density at radius 1 is 0.906 bits per heavy atom. The molecule has 0 fully saturated rings. The Morgan fingerprint density at radius 3 is 2.09 bits per heavy atom. The van der Waals surface area contributed by atoms with E-state index in [-0.39, 0.29) is 10.0 Å². The van der Waals surface area contributed by atoms with Crippen LogP contribution in [0.3, 0.4) is 0 Å². The Morgan fingerprint density at radius 2 is 1.50 bits per heavy atom. The lowest BCUT2D eigenvalue weighted by molar-refractivity contribution is -0.131. The molecule has 2 nitrogen and oxygen atoms in total. The first-order valence-electron chi connectivity index (χ1n) is 11.5. The van der Waals surface area contributed by atoms with Gasteiger partial charge in [-0.05, 0) is 104 Å². The Kier molecular flexibility index (Phi) is 12.5. The molecule has 1 aromatic carbocycles. The van der Waals surface area contributed by atoms with Gasteiger partial charge >= 0.3 is 5.97 Å². The maximum atomic E-state index is 11.3. The monoisotopic (exact) mass is 474 g/mol. The van der Waals surface area contributed by atoms with E-state index in [1.54, 1.807) is 0 Å². The van der Waals surface area contributed by atoms with Crippen molar-refractivity contribution in [3.05, 3.63) is 58.2 Å². The van der Waals surface area contributed by atoms with Gasteiger partial charge in [0.15, 0.2) is 0 Å². The number of thioether (sulfide) groups is 2. The summed E-state index contributed by atoms with van der Waals surface area (Å²) in [7, 11) is 0. The summed E-state index contributed by atoms with van der Waals surface area (Å²) in [5, 5.41) is 0. The van der Waals surface area contributed by atoms with Crippen LogP contribution in [0.25, 0.3) is 0 Å². The van der Waals surface area contributed by atoms with Gasteiger partial charge in [-0.3, -0.25) is 4.79 Å². The van der Waals surface area contributed by atoms with E-state index < -0.39 is 0 Å². The fraction of sp³-hybridized carbons (Fsp3) is 0.536. The molecule has 0 bridgehead atoms. The first kappa shape index (κ1) is 28.6. The van der Waals surface area contributed by atoms with E-state index in [1.807, 2.05) is 36.5 Å². The molecule has 0 saturated heterocycles. The third kappa shape index (κ3) is 11.5. The Bertz CT molecular complexity index is 856. The lowest BCUT2D eigenvalue weighted by Gasteiger charge is -2.25. The summed E-state index contributed by atoms with van der Waals surface area (Å²) in [5.74, 6) is 1.39. The zero-order valence-electron chi connectivity index (χ0n) is 21.6. The van der Waals surface area contributed by atoms with Crippen molar-refractivity contribution in [1.29, 1.82) is 0 Å². The number of benzene rings is 1. The van der Waals surface area contributed by atoms with E-state index in [0.717, 1.165) is 37.0 Å². The molecule has 0 heterocycles. The van der Waals surface area contributed by atoms with Crippen LogP contribution in [-0.4, -0.2) is 15.8 Å². The van der Waals surface area contributed by atoms with Crippen molar-refractivity contribution in [2.45, 2.75) is 97.0 Å². The zero-order valence-corrected chi connectivity index (χ0v) is 23.2. The fourth-order valence-corrected chi connectivity index (χ4v) is 5.61. The van der Waals surface area contributed by atoms with Crippen molar-refractivity contribution in [2.75, 3.05) is 5.75 Å². The second kappa shape index (κ2) is 14.0. The van der Waals surface area contributed by atoms with E-state index >= 15 is 0 Å². The van der Waals surface area contributed by atoms with Gasteiger partial charge < -0.3 is 4.74 Å². The number of carbonyl (C=O) groups is 1. The molecule has 0 atom stereocenters. The molecular formula is C28H42O2S2. The molecule has 4 heteroatoms. The minimum absolute atomic E-state index is 0.0539. The van der Waals surface area contributed by atoms with E-state index in [4.69, 9.17) is 4.74 Å². The van der Waals surface area contributed by atoms with Crippen molar-refractivity contribution in [3.63, 3.8) is 0 Å². The molecule has 178 valence electrons. The van der Waals surface area contributed by atoms with E-state index in [1.165, 1.54) is 34.1 Å². The summed E-state index contributed by atoms with van der Waals surface area (Å²) in [4.78, 5) is 12.5. The number of rotatable bonds is 12. The van der Waals surface area contributed by atoms with Crippen LogP contribution in [0.5, 0.6) is 5.75 Å². The lowest BCUT2D eigenvalue weighted by atomic mass is 10.1. The topological polar surface area (TPSA) is 26.3 Å². The maximum absolute atomic E-state index is 11.3. The predicted molar refractivity (Wildman–Crippen MR) is 145 cm³/mol. The summed E-state index contributed by atoms with van der Waals surface area (Å²) < 4.78 is 5.36. The van der Waals surface area contributed by atoms with Gasteiger partial charge in [-0.2, -0.15) is 0 Å². The Labute approximate surface area is 205 Å². The largest absolute Gasteiger partial charge is 0.426 e. The highest BCUT2D eigenvalue weighted by molar-refractivity contribution is 8.18. The molecule has 1 rings (SSSR count). The predicted octanol–water partition coefficient (Wildman–Crippen LogP) is 9.21. The average molecular weight is 475 g/mol. The van der Waals surface area contributed by atoms with Gasteiger partial charge in [-0.1, -0.05) is 34.9 Å². The minimum atomic E-state index is -0.277. The van der Waals surface area contributed by atoms with Gasteiger partial charge in [-0.15, -0.1) is 23.5 Å². The second-order valence-electron chi connectivity index (χ2n) is 9.18. The molecule has 0 spiro atoms. The Balaban J connectivity index is 2.55. The molecule has 0 aliphatic rings. The molecular weight excluding hydrogens is 432 g/mol. The van der Waals surface area contributed by atoms with Crippen LogP contribution in [0.1, 0.15) is 85.3 Å². The van der Waals surface area contributed by atoms with Gasteiger partial charge in [-0.25, -0.2) is 0 Å². The number of esters is 1. The molecule has 0 N–H and O–H groups in total. The Hall–Kier alpha value is -1.39. The van der Waals surface area contributed by atoms with E-state index in [2.05, 4.69) is 72.8 Å². The molecule has 0 aliphatic heterocycles. The number of ether oxygens (including phenoxy) is 1. The third-order valence-electron chi connectivity index (χ3n) is 5.28. The smallest absolute Gasteiger partial charge is 0.308 e. The van der Waals surface area contributed by atoms with Gasteiger partial charge in [0.2, 0.25) is 0 Å².